The summed E-state index contributed by atoms with van der Waals surface area (Å²) in [5.41, 5.74) is 1.73. The normalized spacial score (nSPS) is 9.06. The number of aromatic nitrogens is 1. The van der Waals surface area contributed by atoms with E-state index in [0.717, 1.165) is 17.0 Å². The molecule has 2 heteroatoms. The van der Waals surface area contributed by atoms with Crippen molar-refractivity contribution in [2.75, 3.05) is 7.11 Å². The average molecular weight is 209 g/mol. The van der Waals surface area contributed by atoms with Crippen molar-refractivity contribution in [3.05, 3.63) is 59.9 Å². The van der Waals surface area contributed by atoms with Crippen molar-refractivity contribution in [1.29, 1.82) is 0 Å². The number of rotatable bonds is 1. The topological polar surface area (TPSA) is 22.1 Å². The predicted molar refractivity (Wildman–Crippen MR) is 63.2 cm³/mol. The highest BCUT2D eigenvalue weighted by molar-refractivity contribution is 5.42. The maximum atomic E-state index is 5.07. The molecule has 1 aromatic heterocycles. The van der Waals surface area contributed by atoms with Gasteiger partial charge in [-0.1, -0.05) is 12.0 Å². The third kappa shape index (κ3) is 2.61. The van der Waals surface area contributed by atoms with Crippen LogP contribution in [0.5, 0.6) is 5.75 Å². The van der Waals surface area contributed by atoms with Crippen LogP contribution in [0.1, 0.15) is 11.3 Å². The van der Waals surface area contributed by atoms with Crippen molar-refractivity contribution in [3.8, 4) is 17.6 Å². The number of methoxy groups -OCH3 is 1. The van der Waals surface area contributed by atoms with Gasteiger partial charge in [0.05, 0.1) is 7.11 Å². The van der Waals surface area contributed by atoms with E-state index in [1.54, 1.807) is 13.3 Å². The zero-order valence-corrected chi connectivity index (χ0v) is 8.97. The lowest BCUT2D eigenvalue weighted by Crippen LogP contribution is -1.82. The number of pyridine rings is 1. The quantitative estimate of drug-likeness (QED) is 0.673. The molecule has 2 aromatic rings. The number of hydrogen-bond acceptors (Lipinski definition) is 2. The van der Waals surface area contributed by atoms with Crippen molar-refractivity contribution in [3.63, 3.8) is 0 Å². The molecule has 1 heterocycles. The van der Waals surface area contributed by atoms with E-state index in [2.05, 4.69) is 16.8 Å². The Morgan fingerprint density at radius 2 is 1.81 bits per heavy atom. The van der Waals surface area contributed by atoms with E-state index in [-0.39, 0.29) is 0 Å². The van der Waals surface area contributed by atoms with E-state index in [4.69, 9.17) is 4.74 Å². The van der Waals surface area contributed by atoms with Crippen molar-refractivity contribution in [1.82, 2.24) is 4.98 Å². The fourth-order valence-corrected chi connectivity index (χ4v) is 1.25. The van der Waals surface area contributed by atoms with Gasteiger partial charge in [-0.15, -0.1) is 0 Å². The van der Waals surface area contributed by atoms with E-state index >= 15 is 0 Å². The molecule has 0 atom stereocenters. The minimum absolute atomic E-state index is 0.776. The zero-order chi connectivity index (χ0) is 11.2. The van der Waals surface area contributed by atoms with Crippen LogP contribution in [0.2, 0.25) is 0 Å². The second-order valence-corrected chi connectivity index (χ2v) is 3.19. The summed E-state index contributed by atoms with van der Waals surface area (Å²) in [5.74, 6) is 6.88. The van der Waals surface area contributed by atoms with Gasteiger partial charge < -0.3 is 4.74 Å². The lowest BCUT2D eigenvalue weighted by molar-refractivity contribution is 0.415. The molecule has 0 N–H and O–H groups in total. The Morgan fingerprint density at radius 1 is 1.00 bits per heavy atom. The SMILES string of the molecule is COc1ccc(C#Cc2ccccn2)cc1. The molecule has 1 aromatic carbocycles. The van der Waals surface area contributed by atoms with Gasteiger partial charge in [-0.3, -0.25) is 0 Å². The summed E-state index contributed by atoms with van der Waals surface area (Å²) >= 11 is 0. The van der Waals surface area contributed by atoms with Crippen LogP contribution in [0.3, 0.4) is 0 Å². The molecule has 0 unspecified atom stereocenters. The van der Waals surface area contributed by atoms with Crippen molar-refractivity contribution >= 4 is 0 Å². The van der Waals surface area contributed by atoms with Gasteiger partial charge in [0.15, 0.2) is 0 Å². The summed E-state index contributed by atoms with van der Waals surface area (Å²) in [7, 11) is 1.65. The molecular weight excluding hydrogens is 198 g/mol. The van der Waals surface area contributed by atoms with Crippen LogP contribution in [-0.4, -0.2) is 12.1 Å². The largest absolute Gasteiger partial charge is 0.497 e. The summed E-state index contributed by atoms with van der Waals surface area (Å²) in [6, 6.07) is 13.3. The van der Waals surface area contributed by atoms with Gasteiger partial charge in [0.25, 0.3) is 0 Å². The highest BCUT2D eigenvalue weighted by Crippen LogP contribution is 2.10. The molecule has 0 saturated heterocycles. The molecule has 0 saturated carbocycles. The summed E-state index contributed by atoms with van der Waals surface area (Å²) in [4.78, 5) is 4.13. The predicted octanol–water partition coefficient (Wildman–Crippen LogP) is 2.49. The Kier molecular flexibility index (Phi) is 3.20. The van der Waals surface area contributed by atoms with E-state index in [9.17, 15) is 0 Å². The summed E-state index contributed by atoms with van der Waals surface area (Å²) in [6.45, 7) is 0. The Bertz CT molecular complexity index is 506. The first-order valence-corrected chi connectivity index (χ1v) is 4.95. The monoisotopic (exact) mass is 209 g/mol. The van der Waals surface area contributed by atoms with Gasteiger partial charge in [0, 0.05) is 11.8 Å². The van der Waals surface area contributed by atoms with Gasteiger partial charge in [-0.25, -0.2) is 4.98 Å². The molecule has 0 radical (unpaired) electrons. The van der Waals surface area contributed by atoms with Crippen LogP contribution in [0.15, 0.2) is 48.7 Å². The number of ether oxygens (including phenoxy) is 1. The van der Waals surface area contributed by atoms with Crippen LogP contribution in [-0.2, 0) is 0 Å². The lowest BCUT2D eigenvalue weighted by atomic mass is 10.2. The van der Waals surface area contributed by atoms with Crippen LogP contribution in [0.4, 0.5) is 0 Å². The minimum Gasteiger partial charge on any atom is -0.497 e. The third-order valence-electron chi connectivity index (χ3n) is 2.09. The number of nitrogens with zero attached hydrogens (tertiary/aromatic N) is 1. The molecule has 78 valence electrons. The standard InChI is InChI=1S/C14H11NO/c1-16-14-9-6-12(7-10-14)5-8-13-4-2-3-11-15-13/h2-4,6-7,9-11H,1H3. The van der Waals surface area contributed by atoms with Crippen LogP contribution in [0, 0.1) is 11.8 Å². The molecule has 16 heavy (non-hydrogen) atoms. The molecule has 0 aliphatic rings. The Balaban J connectivity index is 2.18. The molecule has 0 spiro atoms. The summed E-state index contributed by atoms with van der Waals surface area (Å²) < 4.78 is 5.07. The first kappa shape index (κ1) is 10.3. The van der Waals surface area contributed by atoms with Gasteiger partial charge in [0.1, 0.15) is 11.4 Å². The fourth-order valence-electron chi connectivity index (χ4n) is 1.25. The lowest BCUT2D eigenvalue weighted by Gasteiger charge is -1.97. The molecule has 0 fully saturated rings. The Morgan fingerprint density at radius 3 is 2.44 bits per heavy atom. The highest BCUT2D eigenvalue weighted by Gasteiger charge is 1.90. The molecule has 2 rings (SSSR count). The third-order valence-corrected chi connectivity index (χ3v) is 2.09. The maximum absolute atomic E-state index is 5.07. The van der Waals surface area contributed by atoms with Gasteiger partial charge in [-0.05, 0) is 42.3 Å². The van der Waals surface area contributed by atoms with E-state index in [1.165, 1.54) is 0 Å². The maximum Gasteiger partial charge on any atom is 0.118 e. The van der Waals surface area contributed by atoms with E-state index in [0.29, 0.717) is 0 Å². The van der Waals surface area contributed by atoms with Crippen LogP contribution < -0.4 is 4.74 Å². The average Bonchev–Trinajstić information content (AvgIpc) is 2.38. The van der Waals surface area contributed by atoms with E-state index < -0.39 is 0 Å². The molecular formula is C14H11NO. The fraction of sp³-hybridized carbons (Fsp3) is 0.0714. The number of benzene rings is 1. The summed E-state index contributed by atoms with van der Waals surface area (Å²) in [6.07, 6.45) is 1.73. The first-order valence-electron chi connectivity index (χ1n) is 4.95. The van der Waals surface area contributed by atoms with Crippen LogP contribution in [0.25, 0.3) is 0 Å². The Labute approximate surface area is 94.9 Å². The Hall–Kier alpha value is -2.27. The smallest absolute Gasteiger partial charge is 0.118 e. The van der Waals surface area contributed by atoms with Crippen molar-refractivity contribution < 1.29 is 4.74 Å². The highest BCUT2D eigenvalue weighted by atomic mass is 16.5. The van der Waals surface area contributed by atoms with Gasteiger partial charge >= 0.3 is 0 Å². The second kappa shape index (κ2) is 4.99. The zero-order valence-electron chi connectivity index (χ0n) is 8.97. The van der Waals surface area contributed by atoms with E-state index in [1.807, 2.05) is 42.5 Å². The van der Waals surface area contributed by atoms with Crippen molar-refractivity contribution in [2.24, 2.45) is 0 Å². The minimum atomic E-state index is 0.776. The van der Waals surface area contributed by atoms with Gasteiger partial charge in [0.2, 0.25) is 0 Å². The molecule has 0 aliphatic carbocycles. The molecule has 2 nitrogen and oxygen atoms in total. The van der Waals surface area contributed by atoms with Crippen LogP contribution >= 0.6 is 0 Å². The molecule has 0 aliphatic heterocycles. The van der Waals surface area contributed by atoms with Crippen molar-refractivity contribution in [2.45, 2.75) is 0 Å². The second-order valence-electron chi connectivity index (χ2n) is 3.19. The molecule has 0 bridgehead atoms. The number of hydrogen-bond donors (Lipinski definition) is 0. The first-order chi connectivity index (χ1) is 7.88. The molecule has 0 amide bonds. The van der Waals surface area contributed by atoms with Gasteiger partial charge in [-0.2, -0.15) is 0 Å². The summed E-state index contributed by atoms with van der Waals surface area (Å²) in [5, 5.41) is 0.